The number of para-hydroxylation sites is 1. The third kappa shape index (κ3) is 7.01. The van der Waals surface area contributed by atoms with Crippen LogP contribution in [0.3, 0.4) is 0 Å². The van der Waals surface area contributed by atoms with Crippen LogP contribution in [0.1, 0.15) is 26.7 Å². The molecule has 1 saturated heterocycles. The summed E-state index contributed by atoms with van der Waals surface area (Å²) in [5, 5.41) is 13.0. The maximum absolute atomic E-state index is 13.5. The van der Waals surface area contributed by atoms with Gasteiger partial charge in [0.2, 0.25) is 5.91 Å². The molecule has 35 heavy (non-hydrogen) atoms. The predicted octanol–water partition coefficient (Wildman–Crippen LogP) is 1.53. The fourth-order valence-electron chi connectivity index (χ4n) is 3.41. The van der Waals surface area contributed by atoms with Crippen LogP contribution in [0.4, 0.5) is 0 Å². The Kier molecular flexibility index (Phi) is 8.83. The zero-order chi connectivity index (χ0) is 25.6. The Bertz CT molecular complexity index is 1070. The molecule has 0 radical (unpaired) electrons. The number of hydrogen-bond donors (Lipinski definition) is 2. The van der Waals surface area contributed by atoms with Crippen LogP contribution in [0.5, 0.6) is 5.75 Å². The average molecular weight is 506 g/mol. The standard InChI is InChI=1S/C23H27N2O9P/c1-4-10-31-23(29)16(3)24-35(30,34-17-8-6-5-7-9-17)32-14-20-19(27)12-22(33-20)25-13-15(2)18(26)11-21(25)28/h1,5-9,13,16,19-20,22,27H,10-12,14H2,2-3H3,(H,24,30)/t16-,19+,20-,22-,35-/m0/s1. The van der Waals surface area contributed by atoms with E-state index in [9.17, 15) is 24.1 Å². The summed E-state index contributed by atoms with van der Waals surface area (Å²) in [5.41, 5.74) is 0.401. The number of carbonyl (C=O) groups is 3. The van der Waals surface area contributed by atoms with E-state index in [-0.39, 0.29) is 37.6 Å². The molecule has 188 valence electrons. The van der Waals surface area contributed by atoms with Gasteiger partial charge in [-0.05, 0) is 26.0 Å². The van der Waals surface area contributed by atoms with Gasteiger partial charge in [0.05, 0.1) is 19.1 Å². The van der Waals surface area contributed by atoms with E-state index in [2.05, 4.69) is 11.0 Å². The molecule has 1 aromatic carbocycles. The molecule has 1 amide bonds. The minimum absolute atomic E-state index is 0.0594. The van der Waals surface area contributed by atoms with Crippen molar-refractivity contribution in [1.82, 2.24) is 9.99 Å². The Labute approximate surface area is 202 Å². The zero-order valence-electron chi connectivity index (χ0n) is 19.3. The number of amides is 1. The summed E-state index contributed by atoms with van der Waals surface area (Å²) in [6.07, 6.45) is 3.42. The van der Waals surface area contributed by atoms with Gasteiger partial charge >= 0.3 is 13.7 Å². The van der Waals surface area contributed by atoms with Crippen LogP contribution in [0.15, 0.2) is 42.1 Å². The van der Waals surface area contributed by atoms with Crippen molar-refractivity contribution in [3.8, 4) is 18.1 Å². The SMILES string of the molecule is C#CCOC(=O)[C@H](C)N[P@](=O)(OC[C@@H]1O[C@H](N2C=C(C)C(=O)CC2=O)C[C@H]1O)Oc1ccccc1. The van der Waals surface area contributed by atoms with E-state index in [1.165, 1.54) is 18.0 Å². The van der Waals surface area contributed by atoms with E-state index in [4.69, 9.17) is 24.9 Å². The second-order valence-corrected chi connectivity index (χ2v) is 9.70. The molecule has 2 heterocycles. The first-order valence-corrected chi connectivity index (χ1v) is 12.4. The number of ketones is 1. The molecule has 12 heteroatoms. The van der Waals surface area contributed by atoms with Crippen molar-refractivity contribution in [2.45, 2.75) is 51.2 Å². The third-order valence-electron chi connectivity index (χ3n) is 5.27. The number of rotatable bonds is 10. The maximum Gasteiger partial charge on any atom is 0.459 e. The molecule has 5 atom stereocenters. The van der Waals surface area contributed by atoms with Gasteiger partial charge < -0.3 is 19.1 Å². The Morgan fingerprint density at radius 3 is 2.77 bits per heavy atom. The second kappa shape index (κ2) is 11.6. The molecule has 0 aliphatic carbocycles. The van der Waals surface area contributed by atoms with Gasteiger partial charge in [-0.1, -0.05) is 24.1 Å². The number of hydrogen-bond acceptors (Lipinski definition) is 9. The van der Waals surface area contributed by atoms with Crippen LogP contribution in [0.2, 0.25) is 0 Å². The number of ether oxygens (including phenoxy) is 2. The van der Waals surface area contributed by atoms with Gasteiger partial charge in [0.1, 0.15) is 24.1 Å². The average Bonchev–Trinajstić information content (AvgIpc) is 3.19. The van der Waals surface area contributed by atoms with Crippen molar-refractivity contribution in [3.05, 3.63) is 42.1 Å². The Hall–Kier alpha value is -3.00. The van der Waals surface area contributed by atoms with Crippen molar-refractivity contribution in [2.75, 3.05) is 13.2 Å². The van der Waals surface area contributed by atoms with Crippen molar-refractivity contribution in [2.24, 2.45) is 0 Å². The van der Waals surface area contributed by atoms with Gasteiger partial charge in [-0.3, -0.25) is 23.8 Å². The van der Waals surface area contributed by atoms with Gasteiger partial charge in [-0.2, -0.15) is 5.09 Å². The molecule has 3 rings (SSSR count). The van der Waals surface area contributed by atoms with Crippen LogP contribution in [-0.2, 0) is 32.9 Å². The van der Waals surface area contributed by atoms with E-state index >= 15 is 0 Å². The quantitative estimate of drug-likeness (QED) is 0.208. The normalized spacial score (nSPS) is 24.8. The maximum atomic E-state index is 13.5. The first-order chi connectivity index (χ1) is 16.6. The second-order valence-electron chi connectivity index (χ2n) is 8.01. The van der Waals surface area contributed by atoms with Gasteiger partial charge in [0, 0.05) is 18.2 Å². The van der Waals surface area contributed by atoms with Crippen LogP contribution >= 0.6 is 7.75 Å². The van der Waals surface area contributed by atoms with E-state index in [0.29, 0.717) is 5.57 Å². The topological polar surface area (TPSA) is 141 Å². The predicted molar refractivity (Wildman–Crippen MR) is 123 cm³/mol. The molecule has 0 aromatic heterocycles. The summed E-state index contributed by atoms with van der Waals surface area (Å²) in [7, 11) is -4.18. The number of aliphatic hydroxyl groups excluding tert-OH is 1. The number of carbonyl (C=O) groups excluding carboxylic acids is 3. The number of nitrogens with zero attached hydrogens (tertiary/aromatic N) is 1. The highest BCUT2D eigenvalue weighted by Gasteiger charge is 2.42. The Balaban J connectivity index is 1.69. The largest absolute Gasteiger partial charge is 0.459 e. The number of benzene rings is 1. The van der Waals surface area contributed by atoms with Crippen LogP contribution < -0.4 is 9.61 Å². The summed E-state index contributed by atoms with van der Waals surface area (Å²) < 4.78 is 35.2. The summed E-state index contributed by atoms with van der Waals surface area (Å²) in [6.45, 7) is 2.35. The molecule has 1 aromatic rings. The molecule has 2 N–H and O–H groups in total. The molecule has 0 saturated carbocycles. The monoisotopic (exact) mass is 506 g/mol. The molecule has 1 fully saturated rings. The highest BCUT2D eigenvalue weighted by atomic mass is 31.2. The first kappa shape index (κ1) is 26.6. The first-order valence-electron chi connectivity index (χ1n) is 10.9. The number of nitrogens with one attached hydrogen (secondary N) is 1. The van der Waals surface area contributed by atoms with Crippen molar-refractivity contribution >= 4 is 25.4 Å². The summed E-state index contributed by atoms with van der Waals surface area (Å²) >= 11 is 0. The molecular weight excluding hydrogens is 479 g/mol. The molecule has 0 spiro atoms. The number of terminal acetylenes is 1. The van der Waals surface area contributed by atoms with Crippen LogP contribution in [-0.4, -0.2) is 65.4 Å². The van der Waals surface area contributed by atoms with E-state index in [1.807, 2.05) is 0 Å². The van der Waals surface area contributed by atoms with E-state index < -0.39 is 44.1 Å². The highest BCUT2D eigenvalue weighted by Crippen LogP contribution is 2.45. The van der Waals surface area contributed by atoms with Crippen molar-refractivity contribution in [3.63, 3.8) is 0 Å². The van der Waals surface area contributed by atoms with Gasteiger partial charge in [0.25, 0.3) is 0 Å². The molecule has 2 aliphatic heterocycles. The van der Waals surface area contributed by atoms with Gasteiger partial charge in [-0.25, -0.2) is 4.57 Å². The molecule has 0 bridgehead atoms. The van der Waals surface area contributed by atoms with Crippen molar-refractivity contribution < 1.29 is 42.6 Å². The van der Waals surface area contributed by atoms with Crippen LogP contribution in [0, 0.1) is 12.3 Å². The minimum atomic E-state index is -4.18. The van der Waals surface area contributed by atoms with Gasteiger partial charge in [0.15, 0.2) is 12.4 Å². The summed E-state index contributed by atoms with van der Waals surface area (Å²) in [5.74, 6) is 0.894. The van der Waals surface area contributed by atoms with Crippen LogP contribution in [0.25, 0.3) is 0 Å². The summed E-state index contributed by atoms with van der Waals surface area (Å²) in [4.78, 5) is 37.4. The minimum Gasteiger partial charge on any atom is -0.451 e. The lowest BCUT2D eigenvalue weighted by Crippen LogP contribution is -2.40. The highest BCUT2D eigenvalue weighted by molar-refractivity contribution is 7.52. The Morgan fingerprint density at radius 1 is 1.37 bits per heavy atom. The number of esters is 1. The lowest BCUT2D eigenvalue weighted by atomic mass is 10.1. The number of aliphatic hydroxyl groups is 1. The van der Waals surface area contributed by atoms with E-state index in [1.54, 1.807) is 37.3 Å². The van der Waals surface area contributed by atoms with Gasteiger partial charge in [-0.15, -0.1) is 6.42 Å². The lowest BCUT2D eigenvalue weighted by molar-refractivity contribution is -0.144. The summed E-state index contributed by atoms with van der Waals surface area (Å²) in [6, 6.07) is 7.06. The fourth-order valence-corrected chi connectivity index (χ4v) is 4.91. The number of Topliss-reactive ketones (excluding diaryl/α,β-unsaturated/α-hetero) is 1. The molecule has 0 unspecified atom stereocenters. The zero-order valence-corrected chi connectivity index (χ0v) is 20.2. The fraction of sp³-hybridized carbons (Fsp3) is 0.435. The number of allylic oxidation sites excluding steroid dienone is 1. The molecular formula is C23H27N2O9P. The smallest absolute Gasteiger partial charge is 0.451 e. The van der Waals surface area contributed by atoms with E-state index in [0.717, 1.165) is 0 Å². The third-order valence-corrected chi connectivity index (χ3v) is 6.91. The Morgan fingerprint density at radius 2 is 2.09 bits per heavy atom. The van der Waals surface area contributed by atoms with Crippen molar-refractivity contribution in [1.29, 1.82) is 0 Å². The lowest BCUT2D eigenvalue weighted by Gasteiger charge is -2.29. The molecule has 11 nitrogen and oxygen atoms in total. The molecule has 2 aliphatic rings.